The lowest BCUT2D eigenvalue weighted by Gasteiger charge is -1.98. The van der Waals surface area contributed by atoms with Gasteiger partial charge in [-0.15, -0.1) is 5.10 Å². The molecule has 4 N–H and O–H groups in total. The molecule has 0 atom stereocenters. The summed E-state index contributed by atoms with van der Waals surface area (Å²) in [4.78, 5) is 10.8. The second-order valence-corrected chi connectivity index (χ2v) is 3.03. The summed E-state index contributed by atoms with van der Waals surface area (Å²) >= 11 is 0. The zero-order valence-electron chi connectivity index (χ0n) is 8.39. The molecule has 1 aromatic rings. The number of nitrogens with two attached hydrogens (primary N) is 1. The summed E-state index contributed by atoms with van der Waals surface area (Å²) < 4.78 is 1.63. The van der Waals surface area contributed by atoms with Crippen molar-refractivity contribution in [1.29, 1.82) is 0 Å². The fourth-order valence-corrected chi connectivity index (χ4v) is 1.02. The first-order chi connectivity index (χ1) is 7.26. The molecule has 0 saturated heterocycles. The quantitative estimate of drug-likeness (QED) is 0.519. The van der Waals surface area contributed by atoms with Crippen molar-refractivity contribution in [2.75, 3.05) is 13.2 Å². The van der Waals surface area contributed by atoms with Crippen LogP contribution in [0.25, 0.3) is 0 Å². The van der Waals surface area contributed by atoms with Gasteiger partial charge in [-0.2, -0.15) is 0 Å². The monoisotopic (exact) mass is 213 g/mol. The van der Waals surface area contributed by atoms with Crippen LogP contribution in [-0.4, -0.2) is 39.2 Å². The van der Waals surface area contributed by atoms with Crippen LogP contribution in [0.4, 0.5) is 0 Å². The topological polar surface area (TPSA) is 106 Å². The number of nitrogens with zero attached hydrogens (tertiary/aromatic N) is 3. The molecule has 0 fully saturated rings. The number of hydrogen-bond acceptors (Lipinski definition) is 5. The summed E-state index contributed by atoms with van der Waals surface area (Å²) in [6.07, 6.45) is 2.37. The van der Waals surface area contributed by atoms with Crippen LogP contribution in [0.1, 0.15) is 12.1 Å². The Kier molecular flexibility index (Phi) is 4.72. The molecule has 0 saturated carbocycles. The SMILES string of the molecule is NCC(=O)NCc1cn(CCCO)nn1. The predicted molar refractivity (Wildman–Crippen MR) is 52.6 cm³/mol. The maximum atomic E-state index is 10.8. The molecule has 0 bridgehead atoms. The van der Waals surface area contributed by atoms with Crippen molar-refractivity contribution >= 4 is 5.91 Å². The maximum absolute atomic E-state index is 10.8. The highest BCUT2D eigenvalue weighted by molar-refractivity contribution is 5.77. The summed E-state index contributed by atoms with van der Waals surface area (Å²) in [5, 5.41) is 18.9. The first-order valence-electron chi connectivity index (χ1n) is 4.73. The van der Waals surface area contributed by atoms with Gasteiger partial charge in [0.2, 0.25) is 5.91 Å². The van der Waals surface area contributed by atoms with Crippen molar-refractivity contribution in [3.05, 3.63) is 11.9 Å². The van der Waals surface area contributed by atoms with Gasteiger partial charge in [-0.3, -0.25) is 9.48 Å². The predicted octanol–water partition coefficient (Wildman–Crippen LogP) is -1.76. The van der Waals surface area contributed by atoms with E-state index in [0.717, 1.165) is 0 Å². The maximum Gasteiger partial charge on any atom is 0.234 e. The Morgan fingerprint density at radius 3 is 3.13 bits per heavy atom. The third-order valence-electron chi connectivity index (χ3n) is 1.78. The van der Waals surface area contributed by atoms with Gasteiger partial charge in [0.25, 0.3) is 0 Å². The lowest BCUT2D eigenvalue weighted by atomic mass is 10.4. The standard InChI is InChI=1S/C8H15N5O2/c9-4-8(15)10-5-7-6-13(12-11-7)2-1-3-14/h6,14H,1-5,9H2,(H,10,15). The number of aliphatic hydroxyl groups excluding tert-OH is 1. The van der Waals surface area contributed by atoms with Crippen molar-refractivity contribution in [1.82, 2.24) is 20.3 Å². The lowest BCUT2D eigenvalue weighted by molar-refractivity contribution is -0.119. The first-order valence-corrected chi connectivity index (χ1v) is 4.73. The van der Waals surface area contributed by atoms with E-state index < -0.39 is 0 Å². The van der Waals surface area contributed by atoms with Crippen LogP contribution in [0.3, 0.4) is 0 Å². The van der Waals surface area contributed by atoms with Gasteiger partial charge in [0.15, 0.2) is 0 Å². The summed E-state index contributed by atoms with van der Waals surface area (Å²) in [5.41, 5.74) is 5.80. The van der Waals surface area contributed by atoms with Gasteiger partial charge in [0.1, 0.15) is 5.69 Å². The largest absolute Gasteiger partial charge is 0.396 e. The number of carbonyl (C=O) groups excluding carboxylic acids is 1. The van der Waals surface area contributed by atoms with Crippen molar-refractivity contribution in [3.63, 3.8) is 0 Å². The second-order valence-electron chi connectivity index (χ2n) is 3.03. The second kappa shape index (κ2) is 6.10. The van der Waals surface area contributed by atoms with E-state index in [2.05, 4.69) is 15.6 Å². The van der Waals surface area contributed by atoms with Crippen LogP contribution in [0.2, 0.25) is 0 Å². The van der Waals surface area contributed by atoms with Crippen molar-refractivity contribution in [2.45, 2.75) is 19.5 Å². The Labute approximate surface area is 87.3 Å². The third kappa shape index (κ3) is 4.05. The van der Waals surface area contributed by atoms with Gasteiger partial charge in [-0.1, -0.05) is 5.21 Å². The highest BCUT2D eigenvalue weighted by Crippen LogP contribution is 1.93. The molecule has 7 heteroatoms. The average molecular weight is 213 g/mol. The van der Waals surface area contributed by atoms with Crippen LogP contribution >= 0.6 is 0 Å². The Hall–Kier alpha value is -1.47. The Bertz CT molecular complexity index is 312. The summed E-state index contributed by atoms with van der Waals surface area (Å²) in [5.74, 6) is -0.222. The van der Waals surface area contributed by atoms with Crippen LogP contribution in [0.5, 0.6) is 0 Å². The van der Waals surface area contributed by atoms with E-state index in [1.54, 1.807) is 10.9 Å². The zero-order valence-corrected chi connectivity index (χ0v) is 8.39. The average Bonchev–Trinajstić information content (AvgIpc) is 2.71. The van der Waals surface area contributed by atoms with Crippen molar-refractivity contribution < 1.29 is 9.90 Å². The molecule has 1 aromatic heterocycles. The van der Waals surface area contributed by atoms with E-state index in [0.29, 0.717) is 25.2 Å². The molecule has 0 radical (unpaired) electrons. The Morgan fingerprint density at radius 2 is 2.47 bits per heavy atom. The molecule has 0 aliphatic carbocycles. The molecule has 7 nitrogen and oxygen atoms in total. The fraction of sp³-hybridized carbons (Fsp3) is 0.625. The molecular weight excluding hydrogens is 198 g/mol. The zero-order chi connectivity index (χ0) is 11.1. The van der Waals surface area contributed by atoms with Crippen LogP contribution in [0.15, 0.2) is 6.20 Å². The van der Waals surface area contributed by atoms with Gasteiger partial charge in [0, 0.05) is 13.2 Å². The van der Waals surface area contributed by atoms with E-state index in [-0.39, 0.29) is 19.1 Å². The number of hydrogen-bond donors (Lipinski definition) is 3. The molecule has 0 spiro atoms. The Morgan fingerprint density at radius 1 is 1.67 bits per heavy atom. The normalized spacial score (nSPS) is 10.3. The number of aromatic nitrogens is 3. The number of carbonyl (C=O) groups is 1. The molecule has 0 unspecified atom stereocenters. The molecule has 0 aliphatic heterocycles. The molecule has 15 heavy (non-hydrogen) atoms. The van der Waals surface area contributed by atoms with E-state index in [1.807, 2.05) is 0 Å². The van der Waals surface area contributed by atoms with Crippen LogP contribution < -0.4 is 11.1 Å². The molecule has 0 aromatic carbocycles. The molecule has 84 valence electrons. The minimum absolute atomic E-state index is 0.0291. The third-order valence-corrected chi connectivity index (χ3v) is 1.78. The van der Waals surface area contributed by atoms with Gasteiger partial charge in [-0.25, -0.2) is 0 Å². The van der Waals surface area contributed by atoms with E-state index in [4.69, 9.17) is 10.8 Å². The van der Waals surface area contributed by atoms with Gasteiger partial charge in [0.05, 0.1) is 19.3 Å². The molecular formula is C8H15N5O2. The number of rotatable bonds is 6. The van der Waals surface area contributed by atoms with E-state index >= 15 is 0 Å². The fourth-order valence-electron chi connectivity index (χ4n) is 1.02. The smallest absolute Gasteiger partial charge is 0.234 e. The van der Waals surface area contributed by atoms with Crippen molar-refractivity contribution in [2.24, 2.45) is 5.73 Å². The van der Waals surface area contributed by atoms with Crippen molar-refractivity contribution in [3.8, 4) is 0 Å². The highest BCUT2D eigenvalue weighted by atomic mass is 16.3. The van der Waals surface area contributed by atoms with Gasteiger partial charge < -0.3 is 16.2 Å². The number of nitrogens with one attached hydrogen (secondary N) is 1. The Balaban J connectivity index is 2.35. The van der Waals surface area contributed by atoms with Crippen LogP contribution in [-0.2, 0) is 17.9 Å². The highest BCUT2D eigenvalue weighted by Gasteiger charge is 2.02. The lowest BCUT2D eigenvalue weighted by Crippen LogP contribution is -2.29. The number of amides is 1. The minimum atomic E-state index is -0.222. The molecule has 1 rings (SSSR count). The molecule has 1 amide bonds. The van der Waals surface area contributed by atoms with E-state index in [1.165, 1.54) is 0 Å². The summed E-state index contributed by atoms with van der Waals surface area (Å²) in [6, 6.07) is 0. The first kappa shape index (κ1) is 11.6. The minimum Gasteiger partial charge on any atom is -0.396 e. The van der Waals surface area contributed by atoms with Gasteiger partial charge in [-0.05, 0) is 6.42 Å². The van der Waals surface area contributed by atoms with E-state index in [9.17, 15) is 4.79 Å². The number of aryl methyl sites for hydroxylation is 1. The summed E-state index contributed by atoms with van der Waals surface area (Å²) in [7, 11) is 0. The van der Waals surface area contributed by atoms with Gasteiger partial charge >= 0.3 is 0 Å². The molecule has 0 aliphatic rings. The van der Waals surface area contributed by atoms with Crippen LogP contribution in [0, 0.1) is 0 Å². The summed E-state index contributed by atoms with van der Waals surface area (Å²) in [6.45, 7) is 1.04. The number of aliphatic hydroxyl groups is 1. The molecule has 1 heterocycles.